The lowest BCUT2D eigenvalue weighted by atomic mass is 9.98. The SMILES string of the molecule is O=C(CN1C(=O)NC2(CCCC2)C1=O)Nc1ccccc1C(=O)NC1CC1. The third-order valence-corrected chi connectivity index (χ3v) is 5.36. The lowest BCUT2D eigenvalue weighted by molar-refractivity contribution is -0.133. The molecular formula is C19H22N4O4. The summed E-state index contributed by atoms with van der Waals surface area (Å²) >= 11 is 0. The van der Waals surface area contributed by atoms with Gasteiger partial charge in [0.05, 0.1) is 11.3 Å². The fourth-order valence-corrected chi connectivity index (χ4v) is 3.75. The molecule has 0 atom stereocenters. The van der Waals surface area contributed by atoms with Gasteiger partial charge in [0, 0.05) is 6.04 Å². The zero-order chi connectivity index (χ0) is 19.0. The fourth-order valence-electron chi connectivity index (χ4n) is 3.75. The molecule has 0 radical (unpaired) electrons. The van der Waals surface area contributed by atoms with Crippen molar-refractivity contribution >= 4 is 29.4 Å². The lowest BCUT2D eigenvalue weighted by Crippen LogP contribution is -2.44. The zero-order valence-corrected chi connectivity index (χ0v) is 14.9. The van der Waals surface area contributed by atoms with Crippen LogP contribution in [0.25, 0.3) is 0 Å². The van der Waals surface area contributed by atoms with E-state index in [4.69, 9.17) is 0 Å². The Kier molecular flexibility index (Phi) is 4.33. The highest BCUT2D eigenvalue weighted by molar-refractivity contribution is 6.11. The molecular weight excluding hydrogens is 348 g/mol. The van der Waals surface area contributed by atoms with Gasteiger partial charge in [0.15, 0.2) is 0 Å². The molecule has 27 heavy (non-hydrogen) atoms. The molecule has 1 aliphatic heterocycles. The van der Waals surface area contributed by atoms with E-state index in [0.717, 1.165) is 30.6 Å². The molecule has 1 heterocycles. The van der Waals surface area contributed by atoms with Crippen molar-refractivity contribution in [2.24, 2.45) is 0 Å². The van der Waals surface area contributed by atoms with Crippen molar-refractivity contribution in [1.29, 1.82) is 0 Å². The molecule has 2 saturated carbocycles. The molecule has 5 amide bonds. The van der Waals surface area contributed by atoms with E-state index in [1.54, 1.807) is 24.3 Å². The monoisotopic (exact) mass is 370 g/mol. The summed E-state index contributed by atoms with van der Waals surface area (Å²) in [7, 11) is 0. The number of nitrogens with zero attached hydrogens (tertiary/aromatic N) is 1. The second-order valence-corrected chi connectivity index (χ2v) is 7.45. The first-order chi connectivity index (χ1) is 13.0. The quantitative estimate of drug-likeness (QED) is 0.681. The van der Waals surface area contributed by atoms with E-state index < -0.39 is 17.5 Å². The number of hydrogen-bond donors (Lipinski definition) is 3. The van der Waals surface area contributed by atoms with Crippen molar-refractivity contribution in [3.8, 4) is 0 Å². The van der Waals surface area contributed by atoms with Crippen LogP contribution in [-0.2, 0) is 9.59 Å². The summed E-state index contributed by atoms with van der Waals surface area (Å²) in [5.74, 6) is -1.09. The Hall–Kier alpha value is -2.90. The highest BCUT2D eigenvalue weighted by atomic mass is 16.2. The molecule has 3 aliphatic rings. The zero-order valence-electron chi connectivity index (χ0n) is 14.9. The molecule has 1 saturated heterocycles. The van der Waals surface area contributed by atoms with Gasteiger partial charge >= 0.3 is 6.03 Å². The maximum atomic E-state index is 12.6. The molecule has 8 heteroatoms. The first-order valence-electron chi connectivity index (χ1n) is 9.32. The molecule has 3 N–H and O–H groups in total. The number of anilines is 1. The number of imide groups is 1. The summed E-state index contributed by atoms with van der Waals surface area (Å²) in [5, 5.41) is 8.29. The number of nitrogens with one attached hydrogen (secondary N) is 3. The van der Waals surface area contributed by atoms with Crippen LogP contribution in [0.5, 0.6) is 0 Å². The minimum absolute atomic E-state index is 0.203. The highest BCUT2D eigenvalue weighted by Gasteiger charge is 2.52. The number of para-hydroxylation sites is 1. The summed E-state index contributed by atoms with van der Waals surface area (Å²) in [6.07, 6.45) is 4.92. The van der Waals surface area contributed by atoms with E-state index in [1.165, 1.54) is 0 Å². The minimum atomic E-state index is -0.834. The van der Waals surface area contributed by atoms with Crippen LogP contribution in [0.1, 0.15) is 48.9 Å². The molecule has 1 aromatic carbocycles. The highest BCUT2D eigenvalue weighted by Crippen LogP contribution is 2.35. The maximum absolute atomic E-state index is 12.6. The second-order valence-electron chi connectivity index (χ2n) is 7.45. The minimum Gasteiger partial charge on any atom is -0.349 e. The first kappa shape index (κ1) is 17.5. The van der Waals surface area contributed by atoms with Crippen molar-refractivity contribution in [1.82, 2.24) is 15.5 Å². The van der Waals surface area contributed by atoms with Crippen LogP contribution >= 0.6 is 0 Å². The predicted molar refractivity (Wildman–Crippen MR) is 97.0 cm³/mol. The normalized spacial score (nSPS) is 20.7. The summed E-state index contributed by atoms with van der Waals surface area (Å²) in [6.45, 7) is -0.370. The fraction of sp³-hybridized carbons (Fsp3) is 0.474. The van der Waals surface area contributed by atoms with Gasteiger partial charge in [-0.2, -0.15) is 0 Å². The lowest BCUT2D eigenvalue weighted by Gasteiger charge is -2.20. The van der Waals surface area contributed by atoms with E-state index in [9.17, 15) is 19.2 Å². The average Bonchev–Trinajstić information content (AvgIpc) is 3.28. The van der Waals surface area contributed by atoms with Gasteiger partial charge in [-0.1, -0.05) is 25.0 Å². The van der Waals surface area contributed by atoms with Gasteiger partial charge in [-0.25, -0.2) is 4.79 Å². The van der Waals surface area contributed by atoms with E-state index in [0.29, 0.717) is 24.1 Å². The largest absolute Gasteiger partial charge is 0.349 e. The number of benzene rings is 1. The number of carbonyl (C=O) groups excluding carboxylic acids is 4. The van der Waals surface area contributed by atoms with E-state index in [2.05, 4.69) is 16.0 Å². The Morgan fingerprint density at radius 1 is 1.15 bits per heavy atom. The van der Waals surface area contributed by atoms with Gasteiger partial charge in [-0.3, -0.25) is 19.3 Å². The van der Waals surface area contributed by atoms with Crippen LogP contribution in [0.3, 0.4) is 0 Å². The van der Waals surface area contributed by atoms with Crippen LogP contribution in [0.15, 0.2) is 24.3 Å². The third-order valence-electron chi connectivity index (χ3n) is 5.36. The molecule has 0 aromatic heterocycles. The molecule has 1 aromatic rings. The summed E-state index contributed by atoms with van der Waals surface area (Å²) in [4.78, 5) is 50.6. The summed E-state index contributed by atoms with van der Waals surface area (Å²) in [6, 6.07) is 6.37. The molecule has 142 valence electrons. The molecule has 0 unspecified atom stereocenters. The van der Waals surface area contributed by atoms with E-state index >= 15 is 0 Å². The smallest absolute Gasteiger partial charge is 0.325 e. The maximum Gasteiger partial charge on any atom is 0.325 e. The first-order valence-corrected chi connectivity index (χ1v) is 9.32. The van der Waals surface area contributed by atoms with Gasteiger partial charge < -0.3 is 16.0 Å². The number of hydrogen-bond acceptors (Lipinski definition) is 4. The van der Waals surface area contributed by atoms with Crippen molar-refractivity contribution in [2.75, 3.05) is 11.9 Å². The third kappa shape index (κ3) is 3.39. The number of amides is 5. The predicted octanol–water partition coefficient (Wildman–Crippen LogP) is 1.38. The Balaban J connectivity index is 1.43. The Bertz CT molecular complexity index is 812. The van der Waals surface area contributed by atoms with Crippen molar-refractivity contribution in [3.05, 3.63) is 29.8 Å². The van der Waals surface area contributed by atoms with Gasteiger partial charge in [0.2, 0.25) is 5.91 Å². The van der Waals surface area contributed by atoms with E-state index in [1.807, 2.05) is 0 Å². The van der Waals surface area contributed by atoms with Crippen molar-refractivity contribution < 1.29 is 19.2 Å². The molecule has 3 fully saturated rings. The van der Waals surface area contributed by atoms with Crippen LogP contribution in [0, 0.1) is 0 Å². The van der Waals surface area contributed by atoms with Crippen LogP contribution < -0.4 is 16.0 Å². The Morgan fingerprint density at radius 3 is 2.56 bits per heavy atom. The van der Waals surface area contributed by atoms with Crippen molar-refractivity contribution in [3.63, 3.8) is 0 Å². The molecule has 0 bridgehead atoms. The Morgan fingerprint density at radius 2 is 1.85 bits per heavy atom. The van der Waals surface area contributed by atoms with Crippen LogP contribution in [0.4, 0.5) is 10.5 Å². The van der Waals surface area contributed by atoms with E-state index in [-0.39, 0.29) is 24.4 Å². The average molecular weight is 370 g/mol. The number of urea groups is 1. The standard InChI is InChI=1S/C19H22N4O4/c24-15(11-23-17(26)19(22-18(23)27)9-3-4-10-19)21-14-6-2-1-5-13(14)16(25)20-12-7-8-12/h1-2,5-6,12H,3-4,7-11H2,(H,20,25)(H,21,24)(H,22,27). The van der Waals surface area contributed by atoms with Gasteiger partial charge in [-0.05, 0) is 37.8 Å². The van der Waals surface area contributed by atoms with Gasteiger partial charge in [-0.15, -0.1) is 0 Å². The van der Waals surface area contributed by atoms with Gasteiger partial charge in [0.1, 0.15) is 12.1 Å². The number of rotatable bonds is 5. The summed E-state index contributed by atoms with van der Waals surface area (Å²) < 4.78 is 0. The van der Waals surface area contributed by atoms with Crippen LogP contribution in [0.2, 0.25) is 0 Å². The number of carbonyl (C=O) groups is 4. The molecule has 4 rings (SSSR count). The van der Waals surface area contributed by atoms with Crippen LogP contribution in [-0.4, -0.2) is 46.8 Å². The van der Waals surface area contributed by atoms with Gasteiger partial charge in [0.25, 0.3) is 11.8 Å². The van der Waals surface area contributed by atoms with Crippen molar-refractivity contribution in [2.45, 2.75) is 50.1 Å². The molecule has 8 nitrogen and oxygen atoms in total. The topological polar surface area (TPSA) is 108 Å². The second kappa shape index (κ2) is 6.68. The summed E-state index contributed by atoms with van der Waals surface area (Å²) in [5.41, 5.74) is -0.107. The molecule has 2 aliphatic carbocycles. The molecule has 1 spiro atoms. The Labute approximate surface area is 156 Å².